The summed E-state index contributed by atoms with van der Waals surface area (Å²) in [6.45, 7) is 14.8. The Kier molecular flexibility index (Phi) is 6.09. The quantitative estimate of drug-likeness (QED) is 0.764. The lowest BCUT2D eigenvalue weighted by molar-refractivity contribution is -0.0268. The molecule has 3 nitrogen and oxygen atoms in total. The highest BCUT2D eigenvalue weighted by molar-refractivity contribution is 4.85. The highest BCUT2D eigenvalue weighted by Crippen LogP contribution is 2.24. The van der Waals surface area contributed by atoms with Crippen LogP contribution in [0, 0.1) is 11.8 Å². The van der Waals surface area contributed by atoms with Crippen LogP contribution in [-0.4, -0.2) is 47.8 Å². The first-order chi connectivity index (χ1) is 8.36. The second-order valence-corrected chi connectivity index (χ2v) is 6.47. The summed E-state index contributed by atoms with van der Waals surface area (Å²) < 4.78 is 0. The molecule has 1 heterocycles. The minimum atomic E-state index is -0.555. The summed E-state index contributed by atoms with van der Waals surface area (Å²) in [6, 6.07) is 0.628. The van der Waals surface area contributed by atoms with E-state index >= 15 is 0 Å². The number of nitrogens with zero attached hydrogens (tertiary/aromatic N) is 1. The van der Waals surface area contributed by atoms with Gasteiger partial charge >= 0.3 is 0 Å². The summed E-state index contributed by atoms with van der Waals surface area (Å²) in [5.41, 5.74) is -0.555. The Bertz CT molecular complexity index is 233. The molecule has 108 valence electrons. The Morgan fingerprint density at radius 1 is 1.28 bits per heavy atom. The lowest BCUT2D eigenvalue weighted by atomic mass is 9.87. The third-order valence-electron chi connectivity index (χ3n) is 4.65. The Morgan fingerprint density at radius 2 is 1.83 bits per heavy atom. The molecular formula is C15H32N2O. The summed E-state index contributed by atoms with van der Waals surface area (Å²) in [5, 5.41) is 13.9. The van der Waals surface area contributed by atoms with Gasteiger partial charge in [-0.1, -0.05) is 20.8 Å². The maximum absolute atomic E-state index is 10.3. The first-order valence-electron chi connectivity index (χ1n) is 7.55. The highest BCUT2D eigenvalue weighted by Gasteiger charge is 2.30. The number of hydrogen-bond acceptors (Lipinski definition) is 3. The van der Waals surface area contributed by atoms with Crippen LogP contribution in [0.2, 0.25) is 0 Å². The second kappa shape index (κ2) is 6.88. The molecule has 3 heteroatoms. The van der Waals surface area contributed by atoms with E-state index in [1.807, 2.05) is 6.92 Å². The number of β-amino-alcohol motifs (C(OH)–C–C–N with tert-alkyl or cyclic N) is 1. The summed E-state index contributed by atoms with van der Waals surface area (Å²) in [4.78, 5) is 2.43. The molecule has 1 aliphatic heterocycles. The Morgan fingerprint density at radius 3 is 2.28 bits per heavy atom. The summed E-state index contributed by atoms with van der Waals surface area (Å²) in [5.74, 6) is 1.11. The van der Waals surface area contributed by atoms with Gasteiger partial charge in [0.1, 0.15) is 0 Å². The van der Waals surface area contributed by atoms with Gasteiger partial charge in [0.15, 0.2) is 0 Å². The van der Waals surface area contributed by atoms with E-state index in [0.717, 1.165) is 32.1 Å². The van der Waals surface area contributed by atoms with E-state index in [0.29, 0.717) is 12.0 Å². The molecule has 0 bridgehead atoms. The van der Waals surface area contributed by atoms with Gasteiger partial charge in [0, 0.05) is 12.6 Å². The normalized spacial score (nSPS) is 24.2. The number of rotatable bonds is 6. The van der Waals surface area contributed by atoms with Crippen LogP contribution in [0.1, 0.15) is 47.5 Å². The van der Waals surface area contributed by atoms with E-state index in [-0.39, 0.29) is 0 Å². The molecule has 18 heavy (non-hydrogen) atoms. The average molecular weight is 256 g/mol. The van der Waals surface area contributed by atoms with Crippen LogP contribution in [0.4, 0.5) is 0 Å². The predicted molar refractivity (Wildman–Crippen MR) is 77.8 cm³/mol. The molecule has 1 saturated heterocycles. The first-order valence-corrected chi connectivity index (χ1v) is 7.55. The van der Waals surface area contributed by atoms with Crippen molar-refractivity contribution in [3.63, 3.8) is 0 Å². The van der Waals surface area contributed by atoms with Crippen LogP contribution in [0.25, 0.3) is 0 Å². The van der Waals surface area contributed by atoms with Crippen LogP contribution in [0.5, 0.6) is 0 Å². The zero-order valence-corrected chi connectivity index (χ0v) is 12.9. The van der Waals surface area contributed by atoms with Crippen molar-refractivity contribution < 1.29 is 5.11 Å². The Labute approximate surface area is 113 Å². The van der Waals surface area contributed by atoms with E-state index in [9.17, 15) is 5.11 Å². The molecule has 0 spiro atoms. The van der Waals surface area contributed by atoms with Gasteiger partial charge in [-0.25, -0.2) is 0 Å². The van der Waals surface area contributed by atoms with Gasteiger partial charge in [-0.05, 0) is 58.2 Å². The van der Waals surface area contributed by atoms with Gasteiger partial charge in [0.25, 0.3) is 0 Å². The zero-order chi connectivity index (χ0) is 13.8. The number of hydrogen-bond donors (Lipinski definition) is 2. The molecule has 2 N–H and O–H groups in total. The van der Waals surface area contributed by atoms with Crippen molar-refractivity contribution in [3.05, 3.63) is 0 Å². The van der Waals surface area contributed by atoms with Crippen molar-refractivity contribution in [2.75, 3.05) is 26.2 Å². The van der Waals surface area contributed by atoms with Crippen molar-refractivity contribution >= 4 is 0 Å². The van der Waals surface area contributed by atoms with Gasteiger partial charge in [-0.3, -0.25) is 0 Å². The molecule has 2 unspecified atom stereocenters. The van der Waals surface area contributed by atoms with E-state index < -0.39 is 5.60 Å². The van der Waals surface area contributed by atoms with Gasteiger partial charge in [0.05, 0.1) is 5.60 Å². The van der Waals surface area contributed by atoms with E-state index in [1.165, 1.54) is 12.8 Å². The molecular weight excluding hydrogens is 224 g/mol. The topological polar surface area (TPSA) is 35.5 Å². The Balaban J connectivity index is 2.35. The molecule has 0 aromatic heterocycles. The SMILES string of the molecule is CCNC(C)C1CCN(CC(C)(O)C(C)C)CC1. The number of piperidine rings is 1. The number of aliphatic hydroxyl groups is 1. The molecule has 2 atom stereocenters. The van der Waals surface area contributed by atoms with Crippen molar-refractivity contribution in [1.82, 2.24) is 10.2 Å². The van der Waals surface area contributed by atoms with E-state index in [4.69, 9.17) is 0 Å². The molecule has 1 fully saturated rings. The third-order valence-corrected chi connectivity index (χ3v) is 4.65. The van der Waals surface area contributed by atoms with Gasteiger partial charge in [-0.15, -0.1) is 0 Å². The second-order valence-electron chi connectivity index (χ2n) is 6.47. The Hall–Kier alpha value is -0.120. The zero-order valence-electron chi connectivity index (χ0n) is 12.9. The summed E-state index contributed by atoms with van der Waals surface area (Å²) in [6.07, 6.45) is 2.50. The average Bonchev–Trinajstić information content (AvgIpc) is 2.29. The third kappa shape index (κ3) is 4.52. The monoisotopic (exact) mass is 256 g/mol. The first kappa shape index (κ1) is 15.9. The lowest BCUT2D eigenvalue weighted by Gasteiger charge is -2.39. The molecule has 1 rings (SSSR count). The fourth-order valence-corrected chi connectivity index (χ4v) is 2.73. The van der Waals surface area contributed by atoms with Gasteiger partial charge < -0.3 is 15.3 Å². The smallest absolute Gasteiger partial charge is 0.0768 e. The fraction of sp³-hybridized carbons (Fsp3) is 1.00. The number of nitrogens with one attached hydrogen (secondary N) is 1. The van der Waals surface area contributed by atoms with Gasteiger partial charge in [0.2, 0.25) is 0 Å². The summed E-state index contributed by atoms with van der Waals surface area (Å²) >= 11 is 0. The molecule has 0 radical (unpaired) electrons. The van der Waals surface area contributed by atoms with Crippen LogP contribution in [-0.2, 0) is 0 Å². The highest BCUT2D eigenvalue weighted by atomic mass is 16.3. The molecule has 0 aromatic carbocycles. The van der Waals surface area contributed by atoms with E-state index in [2.05, 4.69) is 37.9 Å². The van der Waals surface area contributed by atoms with Gasteiger partial charge in [-0.2, -0.15) is 0 Å². The van der Waals surface area contributed by atoms with Crippen LogP contribution >= 0.6 is 0 Å². The maximum Gasteiger partial charge on any atom is 0.0768 e. The predicted octanol–water partition coefficient (Wildman–Crippen LogP) is 2.10. The molecule has 1 aliphatic rings. The summed E-state index contributed by atoms with van der Waals surface area (Å²) in [7, 11) is 0. The largest absolute Gasteiger partial charge is 0.389 e. The molecule has 0 saturated carbocycles. The van der Waals surface area contributed by atoms with Crippen molar-refractivity contribution in [3.8, 4) is 0 Å². The minimum Gasteiger partial charge on any atom is -0.389 e. The van der Waals surface area contributed by atoms with Crippen LogP contribution in [0.15, 0.2) is 0 Å². The van der Waals surface area contributed by atoms with Crippen LogP contribution < -0.4 is 5.32 Å². The minimum absolute atomic E-state index is 0.316. The van der Waals surface area contributed by atoms with Crippen LogP contribution in [0.3, 0.4) is 0 Å². The van der Waals surface area contributed by atoms with Crippen molar-refractivity contribution in [1.29, 1.82) is 0 Å². The van der Waals surface area contributed by atoms with Crippen molar-refractivity contribution in [2.45, 2.75) is 59.1 Å². The molecule has 0 aliphatic carbocycles. The fourth-order valence-electron chi connectivity index (χ4n) is 2.73. The van der Waals surface area contributed by atoms with E-state index in [1.54, 1.807) is 0 Å². The lowest BCUT2D eigenvalue weighted by Crippen LogP contribution is -2.49. The molecule has 0 amide bonds. The van der Waals surface area contributed by atoms with Crippen molar-refractivity contribution in [2.24, 2.45) is 11.8 Å². The maximum atomic E-state index is 10.3. The molecule has 0 aromatic rings. The number of likely N-dealkylation sites (tertiary alicyclic amines) is 1. The standard InChI is InChI=1S/C15H32N2O/c1-6-16-13(4)14-7-9-17(10-8-14)11-15(5,18)12(2)3/h12-14,16,18H,6-11H2,1-5H3.